The topological polar surface area (TPSA) is 0 Å². The second-order valence-electron chi connectivity index (χ2n) is 6.30. The highest BCUT2D eigenvalue weighted by Crippen LogP contribution is 2.55. The first kappa shape index (κ1) is 21.9. The highest BCUT2D eigenvalue weighted by Gasteiger charge is 2.43. The average molecular weight is 460 g/mol. The van der Waals surface area contributed by atoms with Crippen molar-refractivity contribution >= 4 is 34.8 Å². The zero-order valence-corrected chi connectivity index (χ0v) is 18.6. The molecule has 0 aliphatic heterocycles. The lowest BCUT2D eigenvalue weighted by Crippen LogP contribution is -3.00. The Hall–Kier alpha value is -1.40. The summed E-state index contributed by atoms with van der Waals surface area (Å²) in [6, 6.07) is 33.0. The van der Waals surface area contributed by atoms with E-state index in [1.165, 1.54) is 15.9 Å². The first-order chi connectivity index (χ1) is 12.9. The van der Waals surface area contributed by atoms with Gasteiger partial charge in [0.25, 0.3) is 0 Å². The van der Waals surface area contributed by atoms with E-state index in [2.05, 4.69) is 103 Å². The van der Waals surface area contributed by atoms with Gasteiger partial charge in [0.05, 0.1) is 6.16 Å². The Balaban J connectivity index is 0.00000261. The zero-order chi connectivity index (χ0) is 18.1. The molecule has 0 amide bonds. The lowest BCUT2D eigenvalue weighted by atomic mass is 10.3. The van der Waals surface area contributed by atoms with Gasteiger partial charge in [0, 0.05) is 5.88 Å². The van der Waals surface area contributed by atoms with Crippen LogP contribution in [0.4, 0.5) is 0 Å². The molecular weight excluding hydrogens is 435 g/mol. The van der Waals surface area contributed by atoms with E-state index in [0.717, 1.165) is 24.9 Å². The molecule has 0 unspecified atom stereocenters. The quantitative estimate of drug-likeness (QED) is 0.210. The molecule has 3 rings (SSSR count). The molecule has 0 fully saturated rings. The summed E-state index contributed by atoms with van der Waals surface area (Å²) < 4.78 is 0. The van der Waals surface area contributed by atoms with Crippen LogP contribution < -0.4 is 32.9 Å². The molecule has 0 aliphatic carbocycles. The van der Waals surface area contributed by atoms with Crippen molar-refractivity contribution in [2.45, 2.75) is 12.8 Å². The van der Waals surface area contributed by atoms with Gasteiger partial charge >= 0.3 is 0 Å². The van der Waals surface area contributed by atoms with Crippen LogP contribution in [0.15, 0.2) is 103 Å². The normalized spacial score (nSPS) is 11.3. The third kappa shape index (κ3) is 5.32. The van der Waals surface area contributed by atoms with Gasteiger partial charge in [0.15, 0.2) is 0 Å². The second kappa shape index (κ2) is 11.4. The van der Waals surface area contributed by atoms with E-state index in [1.807, 2.05) is 0 Å². The predicted octanol–water partition coefficient (Wildman–Crippen LogP) is 2.56. The highest BCUT2D eigenvalue weighted by atomic mass is 79.9. The first-order valence-corrected chi connectivity index (χ1v) is 11.6. The fourth-order valence-electron chi connectivity index (χ4n) is 3.36. The van der Waals surface area contributed by atoms with E-state index < -0.39 is 7.26 Å². The maximum Gasteiger partial charge on any atom is 0.115 e. The van der Waals surface area contributed by atoms with Crippen LogP contribution in [-0.4, -0.2) is 12.0 Å². The number of unbranched alkanes of at least 4 members (excludes halogenated alkanes) is 1. The van der Waals surface area contributed by atoms with Gasteiger partial charge in [0.1, 0.15) is 23.2 Å². The highest BCUT2D eigenvalue weighted by molar-refractivity contribution is 7.95. The maximum absolute atomic E-state index is 5.83. The molecule has 0 saturated carbocycles. The summed E-state index contributed by atoms with van der Waals surface area (Å²) >= 11 is 5.83. The molecule has 140 valence electrons. The molecule has 0 heterocycles. The molecular formula is C24H25BrClP. The van der Waals surface area contributed by atoms with Crippen LogP contribution in [0.5, 0.6) is 0 Å². The van der Waals surface area contributed by atoms with Crippen molar-refractivity contribution in [3.63, 3.8) is 0 Å². The minimum atomic E-state index is -1.72. The minimum Gasteiger partial charge on any atom is -1.00 e. The summed E-state index contributed by atoms with van der Waals surface area (Å²) in [5.41, 5.74) is 0. The maximum atomic E-state index is 5.83. The lowest BCUT2D eigenvalue weighted by molar-refractivity contribution is -0.00000500. The van der Waals surface area contributed by atoms with Crippen molar-refractivity contribution in [3.05, 3.63) is 103 Å². The van der Waals surface area contributed by atoms with E-state index in [9.17, 15) is 0 Å². The molecule has 0 nitrogen and oxygen atoms in total. The molecule has 0 N–H and O–H groups in total. The summed E-state index contributed by atoms with van der Waals surface area (Å²) in [5.74, 6) is 0.723. The van der Waals surface area contributed by atoms with E-state index >= 15 is 0 Å². The summed E-state index contributed by atoms with van der Waals surface area (Å²) in [6.45, 7) is 0. The Kier molecular flexibility index (Phi) is 9.28. The number of rotatable bonds is 8. The number of alkyl halides is 1. The first-order valence-electron chi connectivity index (χ1n) is 9.14. The van der Waals surface area contributed by atoms with Gasteiger partial charge in [-0.15, -0.1) is 11.6 Å². The van der Waals surface area contributed by atoms with E-state index in [1.54, 1.807) is 0 Å². The van der Waals surface area contributed by atoms with Crippen LogP contribution in [-0.2, 0) is 0 Å². The number of hydrogen-bond donors (Lipinski definition) is 0. The Labute approximate surface area is 179 Å². The molecule has 0 radical (unpaired) electrons. The van der Waals surface area contributed by atoms with Crippen LogP contribution in [0, 0.1) is 0 Å². The smallest absolute Gasteiger partial charge is 0.115 e. The molecule has 0 bridgehead atoms. The van der Waals surface area contributed by atoms with E-state index in [4.69, 9.17) is 11.6 Å². The summed E-state index contributed by atoms with van der Waals surface area (Å²) in [4.78, 5) is 0. The van der Waals surface area contributed by atoms with Crippen molar-refractivity contribution in [3.8, 4) is 0 Å². The van der Waals surface area contributed by atoms with Crippen molar-refractivity contribution in [1.82, 2.24) is 0 Å². The molecule has 3 aromatic rings. The Morgan fingerprint density at radius 3 is 1.41 bits per heavy atom. The third-order valence-electron chi connectivity index (χ3n) is 4.64. The number of benzene rings is 3. The Morgan fingerprint density at radius 1 is 0.630 bits per heavy atom. The molecule has 3 aromatic carbocycles. The van der Waals surface area contributed by atoms with Crippen LogP contribution in [0.1, 0.15) is 12.8 Å². The van der Waals surface area contributed by atoms with E-state index in [0.29, 0.717) is 0 Å². The lowest BCUT2D eigenvalue weighted by Gasteiger charge is -2.26. The Morgan fingerprint density at radius 2 is 1.04 bits per heavy atom. The molecule has 0 spiro atoms. The monoisotopic (exact) mass is 458 g/mol. The third-order valence-corrected chi connectivity index (χ3v) is 9.21. The number of halogens is 2. The van der Waals surface area contributed by atoms with Gasteiger partial charge < -0.3 is 17.0 Å². The molecule has 27 heavy (non-hydrogen) atoms. The summed E-state index contributed by atoms with van der Waals surface area (Å²) in [7, 11) is -1.72. The molecule has 0 aliphatic rings. The van der Waals surface area contributed by atoms with Crippen LogP contribution in [0.3, 0.4) is 0 Å². The van der Waals surface area contributed by atoms with Gasteiger partial charge in [-0.25, -0.2) is 0 Å². The largest absolute Gasteiger partial charge is 1.00 e. The fourth-order valence-corrected chi connectivity index (χ4v) is 7.55. The molecule has 0 aromatic heterocycles. The molecule has 0 saturated heterocycles. The average Bonchev–Trinajstić information content (AvgIpc) is 2.73. The summed E-state index contributed by atoms with van der Waals surface area (Å²) in [5, 5.41) is 4.29. The fraction of sp³-hybridized carbons (Fsp3) is 0.167. The number of allylic oxidation sites excluding steroid dienone is 2. The van der Waals surface area contributed by atoms with Gasteiger partial charge in [0.2, 0.25) is 0 Å². The van der Waals surface area contributed by atoms with Crippen molar-refractivity contribution < 1.29 is 17.0 Å². The van der Waals surface area contributed by atoms with Crippen LogP contribution in [0.25, 0.3) is 0 Å². The zero-order valence-electron chi connectivity index (χ0n) is 15.3. The van der Waals surface area contributed by atoms with Crippen LogP contribution in [0.2, 0.25) is 0 Å². The number of hydrogen-bond acceptors (Lipinski definition) is 0. The second-order valence-corrected chi connectivity index (χ2v) is 10.2. The SMILES string of the molecule is ClCCCC=CC[P+](c1ccccc1)(c1ccccc1)c1ccccc1.[Br-]. The van der Waals surface area contributed by atoms with Gasteiger partial charge in [-0.3, -0.25) is 0 Å². The molecule has 3 heteroatoms. The van der Waals surface area contributed by atoms with Crippen molar-refractivity contribution in [2.75, 3.05) is 12.0 Å². The van der Waals surface area contributed by atoms with Gasteiger partial charge in [-0.1, -0.05) is 66.7 Å². The van der Waals surface area contributed by atoms with Crippen LogP contribution >= 0.6 is 18.9 Å². The van der Waals surface area contributed by atoms with E-state index in [-0.39, 0.29) is 17.0 Å². The predicted molar refractivity (Wildman–Crippen MR) is 119 cm³/mol. The standard InChI is InChI=1S/C24H25ClP.BrH/c25-20-12-1-2-13-21-26(22-14-6-3-7-15-22,23-16-8-4-9-17-23)24-18-10-5-11-19-24;/h2-11,13-19H,1,12,20-21H2;1H/q+1;/p-1. The van der Waals surface area contributed by atoms with Crippen molar-refractivity contribution in [2.24, 2.45) is 0 Å². The minimum absolute atomic E-state index is 0. The Bertz CT molecular complexity index is 707. The molecule has 0 atom stereocenters. The van der Waals surface area contributed by atoms with Gasteiger partial charge in [-0.2, -0.15) is 0 Å². The van der Waals surface area contributed by atoms with Crippen molar-refractivity contribution in [1.29, 1.82) is 0 Å². The summed E-state index contributed by atoms with van der Waals surface area (Å²) in [6.07, 6.45) is 7.78. The van der Waals surface area contributed by atoms with Gasteiger partial charge in [-0.05, 0) is 49.2 Å².